The number of hydrogen-bond donors (Lipinski definition) is 1. The van der Waals surface area contributed by atoms with Crippen molar-refractivity contribution in [3.8, 4) is 11.6 Å². The van der Waals surface area contributed by atoms with Crippen LogP contribution in [0.25, 0.3) is 0 Å². The Morgan fingerprint density at radius 3 is 2.80 bits per heavy atom. The van der Waals surface area contributed by atoms with Gasteiger partial charge in [0.2, 0.25) is 5.88 Å². The number of halogens is 1. The van der Waals surface area contributed by atoms with E-state index in [0.717, 1.165) is 5.56 Å². The lowest BCUT2D eigenvalue weighted by molar-refractivity contribution is -0.127. The molecular weight excluding hydrogens is 344 g/mol. The topological polar surface area (TPSA) is 69.7 Å². The number of carbonyl (C=O) groups is 1. The number of nitrogens with one attached hydrogen (secondary N) is 1. The van der Waals surface area contributed by atoms with Crippen molar-refractivity contribution in [2.75, 3.05) is 20.3 Å². The van der Waals surface area contributed by atoms with E-state index in [4.69, 9.17) is 25.8 Å². The number of hydrogen-bond acceptors (Lipinski definition) is 5. The number of methoxy groups -OCH3 is 1. The highest BCUT2D eigenvalue weighted by molar-refractivity contribution is 6.30. The minimum atomic E-state index is -0.636. The van der Waals surface area contributed by atoms with Gasteiger partial charge in [-0.25, -0.2) is 4.98 Å². The molecule has 0 aliphatic rings. The SMILES string of the molecule is COCCOc1ccc(CNC(=O)C(C)Oc2cccc(Cl)c2)cn1. The molecule has 0 aliphatic carbocycles. The van der Waals surface area contributed by atoms with Gasteiger partial charge in [-0.3, -0.25) is 4.79 Å². The summed E-state index contributed by atoms with van der Waals surface area (Å²) in [7, 11) is 1.61. The van der Waals surface area contributed by atoms with Crippen molar-refractivity contribution in [1.82, 2.24) is 10.3 Å². The minimum Gasteiger partial charge on any atom is -0.481 e. The second-order valence-electron chi connectivity index (χ2n) is 5.28. The molecule has 1 atom stereocenters. The molecule has 0 bridgehead atoms. The molecule has 0 saturated heterocycles. The zero-order valence-corrected chi connectivity index (χ0v) is 15.0. The molecule has 1 N–H and O–H groups in total. The van der Waals surface area contributed by atoms with Crippen LogP contribution in [-0.2, 0) is 16.1 Å². The molecule has 0 radical (unpaired) electrons. The van der Waals surface area contributed by atoms with Crippen LogP contribution >= 0.6 is 11.6 Å². The molecule has 134 valence electrons. The van der Waals surface area contributed by atoms with Gasteiger partial charge in [0.1, 0.15) is 12.4 Å². The van der Waals surface area contributed by atoms with E-state index >= 15 is 0 Å². The van der Waals surface area contributed by atoms with Gasteiger partial charge in [0.15, 0.2) is 6.10 Å². The van der Waals surface area contributed by atoms with E-state index in [1.54, 1.807) is 50.6 Å². The summed E-state index contributed by atoms with van der Waals surface area (Å²) < 4.78 is 15.9. The Morgan fingerprint density at radius 2 is 2.12 bits per heavy atom. The van der Waals surface area contributed by atoms with E-state index < -0.39 is 6.10 Å². The van der Waals surface area contributed by atoms with Crippen LogP contribution in [-0.4, -0.2) is 37.3 Å². The summed E-state index contributed by atoms with van der Waals surface area (Å²) in [6.45, 7) is 2.98. The average Bonchev–Trinajstić information content (AvgIpc) is 2.61. The maximum absolute atomic E-state index is 12.1. The van der Waals surface area contributed by atoms with Crippen LogP contribution in [0.3, 0.4) is 0 Å². The monoisotopic (exact) mass is 364 g/mol. The molecule has 1 aromatic carbocycles. The van der Waals surface area contributed by atoms with Gasteiger partial charge in [-0.1, -0.05) is 23.7 Å². The van der Waals surface area contributed by atoms with Crippen molar-refractivity contribution in [1.29, 1.82) is 0 Å². The zero-order chi connectivity index (χ0) is 18.1. The fraction of sp³-hybridized carbons (Fsp3) is 0.333. The number of carbonyl (C=O) groups excluding carboxylic acids is 1. The van der Waals surface area contributed by atoms with Crippen LogP contribution in [0.2, 0.25) is 5.02 Å². The zero-order valence-electron chi connectivity index (χ0n) is 14.2. The van der Waals surface area contributed by atoms with Crippen molar-refractivity contribution < 1.29 is 19.0 Å². The van der Waals surface area contributed by atoms with Gasteiger partial charge >= 0.3 is 0 Å². The number of benzene rings is 1. The molecule has 1 aromatic heterocycles. The second-order valence-corrected chi connectivity index (χ2v) is 5.72. The van der Waals surface area contributed by atoms with Crippen LogP contribution < -0.4 is 14.8 Å². The van der Waals surface area contributed by atoms with Crippen molar-refractivity contribution in [2.24, 2.45) is 0 Å². The Morgan fingerprint density at radius 1 is 1.28 bits per heavy atom. The normalized spacial score (nSPS) is 11.6. The average molecular weight is 365 g/mol. The molecule has 0 saturated carbocycles. The molecule has 2 rings (SSSR count). The maximum atomic E-state index is 12.1. The third-order valence-corrected chi connectivity index (χ3v) is 3.52. The predicted molar refractivity (Wildman–Crippen MR) is 95.0 cm³/mol. The first-order valence-corrected chi connectivity index (χ1v) is 8.23. The fourth-order valence-corrected chi connectivity index (χ4v) is 2.14. The summed E-state index contributed by atoms with van der Waals surface area (Å²) in [5, 5.41) is 3.37. The quantitative estimate of drug-likeness (QED) is 0.693. The van der Waals surface area contributed by atoms with E-state index in [1.165, 1.54) is 0 Å². The maximum Gasteiger partial charge on any atom is 0.261 e. The summed E-state index contributed by atoms with van der Waals surface area (Å²) in [5.41, 5.74) is 0.863. The molecule has 1 amide bonds. The molecular formula is C18H21ClN2O4. The van der Waals surface area contributed by atoms with Crippen LogP contribution in [0.1, 0.15) is 12.5 Å². The van der Waals surface area contributed by atoms with Gasteiger partial charge in [0.05, 0.1) is 6.61 Å². The molecule has 0 spiro atoms. The van der Waals surface area contributed by atoms with Crippen LogP contribution in [0.4, 0.5) is 0 Å². The highest BCUT2D eigenvalue weighted by Gasteiger charge is 2.14. The van der Waals surface area contributed by atoms with Crippen molar-refractivity contribution in [2.45, 2.75) is 19.6 Å². The molecule has 7 heteroatoms. The Labute approximate surface area is 152 Å². The largest absolute Gasteiger partial charge is 0.481 e. The van der Waals surface area contributed by atoms with Gasteiger partial charge in [-0.05, 0) is 30.7 Å². The highest BCUT2D eigenvalue weighted by Crippen LogP contribution is 2.18. The lowest BCUT2D eigenvalue weighted by Gasteiger charge is -2.15. The van der Waals surface area contributed by atoms with Gasteiger partial charge in [0.25, 0.3) is 5.91 Å². The van der Waals surface area contributed by atoms with Gasteiger partial charge in [-0.15, -0.1) is 0 Å². The van der Waals surface area contributed by atoms with Crippen LogP contribution in [0, 0.1) is 0 Å². The molecule has 0 fully saturated rings. The summed E-state index contributed by atoms with van der Waals surface area (Å²) in [6.07, 6.45) is 1.02. The number of ether oxygens (including phenoxy) is 3. The molecule has 2 aromatic rings. The summed E-state index contributed by atoms with van der Waals surface area (Å²) in [4.78, 5) is 16.3. The Kier molecular flexibility index (Phi) is 7.50. The number of nitrogens with zero attached hydrogens (tertiary/aromatic N) is 1. The Balaban J connectivity index is 1.78. The molecule has 1 unspecified atom stereocenters. The number of amides is 1. The summed E-state index contributed by atoms with van der Waals surface area (Å²) in [6, 6.07) is 10.5. The molecule has 0 aliphatic heterocycles. The first kappa shape index (κ1) is 19.0. The van der Waals surface area contributed by atoms with Gasteiger partial charge in [-0.2, -0.15) is 0 Å². The third-order valence-electron chi connectivity index (χ3n) is 3.28. The fourth-order valence-electron chi connectivity index (χ4n) is 1.96. The van der Waals surface area contributed by atoms with E-state index in [2.05, 4.69) is 10.3 Å². The predicted octanol–water partition coefficient (Wildman–Crippen LogP) is 2.84. The van der Waals surface area contributed by atoms with Crippen LogP contribution in [0.15, 0.2) is 42.6 Å². The highest BCUT2D eigenvalue weighted by atomic mass is 35.5. The van der Waals surface area contributed by atoms with Gasteiger partial charge in [0, 0.05) is 30.9 Å². The smallest absolute Gasteiger partial charge is 0.261 e. The molecule has 25 heavy (non-hydrogen) atoms. The van der Waals surface area contributed by atoms with Crippen LogP contribution in [0.5, 0.6) is 11.6 Å². The second kappa shape index (κ2) is 9.86. The minimum absolute atomic E-state index is 0.222. The van der Waals surface area contributed by atoms with Gasteiger partial charge < -0.3 is 19.5 Å². The lowest BCUT2D eigenvalue weighted by atomic mass is 10.2. The number of rotatable bonds is 9. The molecule has 1 heterocycles. The standard InChI is InChI=1S/C18H21ClN2O4/c1-13(25-16-5-3-4-15(19)10-16)18(22)21-12-14-6-7-17(20-11-14)24-9-8-23-2/h3-7,10-11,13H,8-9,12H2,1-2H3,(H,21,22). The van der Waals surface area contributed by atoms with E-state index in [1.807, 2.05) is 6.07 Å². The molecule has 6 nitrogen and oxygen atoms in total. The Hall–Kier alpha value is -2.31. The summed E-state index contributed by atoms with van der Waals surface area (Å²) >= 11 is 5.90. The van der Waals surface area contributed by atoms with E-state index in [0.29, 0.717) is 36.4 Å². The lowest BCUT2D eigenvalue weighted by Crippen LogP contribution is -2.35. The number of pyridine rings is 1. The van der Waals surface area contributed by atoms with E-state index in [-0.39, 0.29) is 5.91 Å². The van der Waals surface area contributed by atoms with E-state index in [9.17, 15) is 4.79 Å². The Bertz CT molecular complexity index is 679. The van der Waals surface area contributed by atoms with Crippen molar-refractivity contribution in [3.63, 3.8) is 0 Å². The summed E-state index contributed by atoms with van der Waals surface area (Å²) in [5.74, 6) is 0.847. The van der Waals surface area contributed by atoms with Crippen molar-refractivity contribution >= 4 is 17.5 Å². The third kappa shape index (κ3) is 6.60. The first-order valence-electron chi connectivity index (χ1n) is 7.85. The number of aromatic nitrogens is 1. The first-order chi connectivity index (χ1) is 12.1. The van der Waals surface area contributed by atoms with Crippen molar-refractivity contribution in [3.05, 3.63) is 53.2 Å².